The Morgan fingerprint density at radius 1 is 1.10 bits per heavy atom. The number of nitrogens with one attached hydrogen (secondary N) is 1. The number of H-pyrrole nitrogens is 1. The summed E-state index contributed by atoms with van der Waals surface area (Å²) < 4.78 is 19.8. The topological polar surface area (TPSA) is 62.4 Å². The van der Waals surface area contributed by atoms with Gasteiger partial charge in [0.25, 0.3) is 11.7 Å². The molecule has 2 aliphatic heterocycles. The number of likely N-dealkylation sites (tertiary alicyclic amines) is 1. The number of hydrogen-bond acceptors (Lipinski definition) is 3. The zero-order valence-electron chi connectivity index (χ0n) is 15.9. The van der Waals surface area contributed by atoms with Gasteiger partial charge in [-0.25, -0.2) is 4.39 Å². The number of rotatable bonds is 2. The normalized spacial score (nSPS) is 18.0. The van der Waals surface area contributed by atoms with E-state index in [4.69, 9.17) is 4.74 Å². The zero-order chi connectivity index (χ0) is 20.0. The lowest BCUT2D eigenvalue weighted by atomic mass is 9.79. The number of aromatic amines is 1. The number of piperidine rings is 1. The predicted molar refractivity (Wildman–Crippen MR) is 106 cm³/mol. The lowest BCUT2D eigenvalue weighted by molar-refractivity contribution is -0.136. The largest absolute Gasteiger partial charge is 0.370 e. The fourth-order valence-corrected chi connectivity index (χ4v) is 4.64. The van der Waals surface area contributed by atoms with Crippen molar-refractivity contribution < 1.29 is 18.7 Å². The zero-order valence-corrected chi connectivity index (χ0v) is 15.9. The van der Waals surface area contributed by atoms with E-state index in [0.717, 1.165) is 6.42 Å². The number of Topliss-reactive ketones (excluding diaryl/α,β-unsaturated/α-hetero) is 1. The number of amides is 1. The highest BCUT2D eigenvalue weighted by atomic mass is 19.1. The molecule has 1 amide bonds. The molecule has 0 radical (unpaired) electrons. The Morgan fingerprint density at radius 3 is 2.72 bits per heavy atom. The number of aromatic nitrogens is 1. The molecule has 0 saturated carbocycles. The minimum atomic E-state index is -0.609. The Kier molecular flexibility index (Phi) is 4.24. The van der Waals surface area contributed by atoms with E-state index in [-0.39, 0.29) is 11.2 Å². The van der Waals surface area contributed by atoms with Gasteiger partial charge < -0.3 is 14.6 Å². The Hall–Kier alpha value is -2.99. The van der Waals surface area contributed by atoms with Crippen molar-refractivity contribution in [3.05, 3.63) is 71.2 Å². The van der Waals surface area contributed by atoms with Crippen molar-refractivity contribution in [1.82, 2.24) is 9.88 Å². The van der Waals surface area contributed by atoms with Gasteiger partial charge in [-0.1, -0.05) is 24.3 Å². The van der Waals surface area contributed by atoms with Crippen LogP contribution in [-0.4, -0.2) is 41.3 Å². The van der Waals surface area contributed by atoms with Crippen LogP contribution in [0.25, 0.3) is 10.9 Å². The van der Waals surface area contributed by atoms with Gasteiger partial charge in [-0.2, -0.15) is 0 Å². The highest BCUT2D eigenvalue weighted by molar-refractivity contribution is 6.44. The second kappa shape index (κ2) is 6.81. The van der Waals surface area contributed by atoms with Crippen LogP contribution < -0.4 is 0 Å². The maximum Gasteiger partial charge on any atom is 0.295 e. The fourth-order valence-electron chi connectivity index (χ4n) is 4.64. The molecule has 0 bridgehead atoms. The summed E-state index contributed by atoms with van der Waals surface area (Å²) in [5.74, 6) is -1.59. The van der Waals surface area contributed by atoms with E-state index in [2.05, 4.69) is 17.1 Å². The summed E-state index contributed by atoms with van der Waals surface area (Å²) in [5, 5.41) is 0.432. The molecule has 2 aliphatic rings. The molecule has 1 saturated heterocycles. The molecule has 29 heavy (non-hydrogen) atoms. The van der Waals surface area contributed by atoms with Gasteiger partial charge in [-0.15, -0.1) is 0 Å². The number of benzene rings is 2. The van der Waals surface area contributed by atoms with Gasteiger partial charge in [0.15, 0.2) is 0 Å². The lowest BCUT2D eigenvalue weighted by Gasteiger charge is -2.44. The number of ether oxygens (including phenoxy) is 1. The number of fused-ring (bicyclic) bond motifs is 3. The number of hydrogen-bond donors (Lipinski definition) is 1. The highest BCUT2D eigenvalue weighted by Crippen LogP contribution is 2.41. The second-order valence-electron chi connectivity index (χ2n) is 7.76. The standard InChI is InChI=1S/C23H21FN2O3/c24-16-5-6-20-17(13-16)18(14-25-20)21(27)22(28)26-10-8-23(9-11-26)19-4-2-1-3-15(19)7-12-29-23/h1-6,13-14,25H,7-12H2. The third-order valence-corrected chi connectivity index (χ3v) is 6.20. The number of nitrogens with zero attached hydrogens (tertiary/aromatic N) is 1. The monoisotopic (exact) mass is 392 g/mol. The molecule has 0 aliphatic carbocycles. The van der Waals surface area contributed by atoms with Gasteiger partial charge in [0, 0.05) is 30.2 Å². The molecule has 148 valence electrons. The van der Waals surface area contributed by atoms with Crippen LogP contribution in [0.1, 0.15) is 34.3 Å². The van der Waals surface area contributed by atoms with Crippen LogP contribution in [0.5, 0.6) is 0 Å². The number of ketones is 1. The maximum atomic E-state index is 13.6. The van der Waals surface area contributed by atoms with E-state index in [9.17, 15) is 14.0 Å². The molecule has 3 aromatic rings. The van der Waals surface area contributed by atoms with Crippen molar-refractivity contribution in [2.75, 3.05) is 19.7 Å². The van der Waals surface area contributed by atoms with Crippen LogP contribution in [-0.2, 0) is 21.6 Å². The Labute approximate surface area is 167 Å². The van der Waals surface area contributed by atoms with E-state index in [1.54, 1.807) is 11.0 Å². The molecule has 0 unspecified atom stereocenters. The summed E-state index contributed by atoms with van der Waals surface area (Å²) in [6.07, 6.45) is 3.70. The van der Waals surface area contributed by atoms with Crippen molar-refractivity contribution in [2.24, 2.45) is 0 Å². The summed E-state index contributed by atoms with van der Waals surface area (Å²) >= 11 is 0. The summed E-state index contributed by atoms with van der Waals surface area (Å²) in [6, 6.07) is 12.5. The summed E-state index contributed by atoms with van der Waals surface area (Å²) in [7, 11) is 0. The van der Waals surface area contributed by atoms with Crippen LogP contribution >= 0.6 is 0 Å². The first-order valence-electron chi connectivity index (χ1n) is 9.90. The Balaban J connectivity index is 1.35. The average molecular weight is 392 g/mol. The molecule has 1 aromatic heterocycles. The maximum absolute atomic E-state index is 13.6. The molecule has 1 fully saturated rings. The summed E-state index contributed by atoms with van der Waals surface area (Å²) in [4.78, 5) is 30.2. The lowest BCUT2D eigenvalue weighted by Crippen LogP contribution is -2.49. The van der Waals surface area contributed by atoms with Crippen LogP contribution in [0.3, 0.4) is 0 Å². The highest BCUT2D eigenvalue weighted by Gasteiger charge is 2.42. The molecule has 5 rings (SSSR count). The molecular formula is C23H21FN2O3. The summed E-state index contributed by atoms with van der Waals surface area (Å²) in [5.41, 5.74) is 2.97. The van der Waals surface area contributed by atoms with Crippen molar-refractivity contribution in [3.63, 3.8) is 0 Å². The Morgan fingerprint density at radius 2 is 1.90 bits per heavy atom. The van der Waals surface area contributed by atoms with Gasteiger partial charge in [0.05, 0.1) is 17.8 Å². The van der Waals surface area contributed by atoms with Crippen molar-refractivity contribution in [1.29, 1.82) is 0 Å². The van der Waals surface area contributed by atoms with E-state index in [0.29, 0.717) is 43.4 Å². The molecule has 1 spiro atoms. The van der Waals surface area contributed by atoms with Gasteiger partial charge in [-0.05, 0) is 48.6 Å². The van der Waals surface area contributed by atoms with Gasteiger partial charge in [0.1, 0.15) is 5.82 Å². The molecule has 5 nitrogen and oxygen atoms in total. The van der Waals surface area contributed by atoms with Crippen molar-refractivity contribution >= 4 is 22.6 Å². The first kappa shape index (κ1) is 18.1. The number of carbonyl (C=O) groups excluding carboxylic acids is 2. The minimum Gasteiger partial charge on any atom is -0.370 e. The van der Waals surface area contributed by atoms with Crippen molar-refractivity contribution in [3.8, 4) is 0 Å². The molecular weight excluding hydrogens is 371 g/mol. The second-order valence-corrected chi connectivity index (χ2v) is 7.76. The smallest absolute Gasteiger partial charge is 0.295 e. The first-order valence-corrected chi connectivity index (χ1v) is 9.90. The third-order valence-electron chi connectivity index (χ3n) is 6.20. The van der Waals surface area contributed by atoms with E-state index < -0.39 is 17.5 Å². The number of halogens is 1. The van der Waals surface area contributed by atoms with Crippen LogP contribution in [0, 0.1) is 5.82 Å². The van der Waals surface area contributed by atoms with Gasteiger partial charge in [0.2, 0.25) is 0 Å². The number of carbonyl (C=O) groups is 2. The Bertz CT molecular complexity index is 1110. The summed E-state index contributed by atoms with van der Waals surface area (Å²) in [6.45, 7) is 1.58. The van der Waals surface area contributed by atoms with E-state index >= 15 is 0 Å². The quantitative estimate of drug-likeness (QED) is 0.536. The van der Waals surface area contributed by atoms with Gasteiger partial charge >= 0.3 is 0 Å². The molecule has 3 heterocycles. The molecule has 1 N–H and O–H groups in total. The van der Waals surface area contributed by atoms with Crippen molar-refractivity contribution in [2.45, 2.75) is 24.9 Å². The van der Waals surface area contributed by atoms with Crippen LogP contribution in [0.4, 0.5) is 4.39 Å². The fraction of sp³-hybridized carbons (Fsp3) is 0.304. The predicted octanol–water partition coefficient (Wildman–Crippen LogP) is 3.58. The third kappa shape index (κ3) is 2.95. The molecule has 0 atom stereocenters. The molecule has 6 heteroatoms. The van der Waals surface area contributed by atoms with E-state index in [1.165, 1.54) is 29.5 Å². The average Bonchev–Trinajstić information content (AvgIpc) is 3.17. The van der Waals surface area contributed by atoms with Crippen LogP contribution in [0.2, 0.25) is 0 Å². The molecule has 2 aromatic carbocycles. The SMILES string of the molecule is O=C(C(=O)N1CCC2(CC1)OCCc1ccccc12)c1c[nH]c2ccc(F)cc12. The van der Waals surface area contributed by atoms with Gasteiger partial charge in [-0.3, -0.25) is 9.59 Å². The van der Waals surface area contributed by atoms with E-state index in [1.807, 2.05) is 12.1 Å². The first-order chi connectivity index (χ1) is 14.1. The minimum absolute atomic E-state index is 0.212. The van der Waals surface area contributed by atoms with Crippen LogP contribution in [0.15, 0.2) is 48.7 Å².